The number of hydrogen-bond donors (Lipinski definition) is 4. The van der Waals surface area contributed by atoms with E-state index in [0.29, 0.717) is 30.6 Å². The standard InChI is InChI=1S/C19H25FN4O4/c1-3-14-21-17(28-24-14)16(26)23-19-8-18(9-19,10-19)22-15(25)7-27-12-5-4-11(2)13(20)6-12/h4-6,14,17,21,24H,3,7-10H2,1-2H3,(H,22,25)(H,23,26). The number of amides is 2. The van der Waals surface area contributed by atoms with Gasteiger partial charge >= 0.3 is 0 Å². The largest absolute Gasteiger partial charge is 0.484 e. The molecule has 1 aromatic carbocycles. The van der Waals surface area contributed by atoms with Crippen LogP contribution in [0, 0.1) is 12.7 Å². The summed E-state index contributed by atoms with van der Waals surface area (Å²) in [6, 6.07) is 4.51. The summed E-state index contributed by atoms with van der Waals surface area (Å²) in [5.74, 6) is -0.497. The summed E-state index contributed by atoms with van der Waals surface area (Å²) in [5.41, 5.74) is 2.76. The first kappa shape index (κ1) is 19.1. The molecule has 3 aliphatic carbocycles. The molecule has 1 aromatic rings. The molecule has 1 aliphatic heterocycles. The lowest BCUT2D eigenvalue weighted by Gasteiger charge is -2.70. The Morgan fingerprint density at radius 2 is 2.00 bits per heavy atom. The van der Waals surface area contributed by atoms with E-state index in [2.05, 4.69) is 21.4 Å². The van der Waals surface area contributed by atoms with Gasteiger partial charge in [-0.15, -0.1) is 0 Å². The van der Waals surface area contributed by atoms with Crippen molar-refractivity contribution >= 4 is 11.8 Å². The smallest absolute Gasteiger partial charge is 0.266 e. The van der Waals surface area contributed by atoms with E-state index in [1.54, 1.807) is 19.1 Å². The molecule has 0 radical (unpaired) electrons. The van der Waals surface area contributed by atoms with E-state index >= 15 is 0 Å². The molecule has 1 heterocycles. The molecule has 8 nitrogen and oxygen atoms in total. The highest BCUT2D eigenvalue weighted by atomic mass is 19.1. The Bertz CT molecular complexity index is 782. The molecule has 4 aliphatic rings. The van der Waals surface area contributed by atoms with Gasteiger partial charge in [0.25, 0.3) is 11.8 Å². The second-order valence-electron chi connectivity index (χ2n) is 8.07. The minimum atomic E-state index is -0.701. The minimum Gasteiger partial charge on any atom is -0.484 e. The predicted octanol–water partition coefficient (Wildman–Crippen LogP) is 0.607. The molecule has 152 valence electrons. The third-order valence-corrected chi connectivity index (χ3v) is 5.66. The van der Waals surface area contributed by atoms with E-state index in [1.165, 1.54) is 6.07 Å². The number of carbonyl (C=O) groups excluding carboxylic acids is 2. The van der Waals surface area contributed by atoms with Gasteiger partial charge in [0.05, 0.1) is 6.17 Å². The van der Waals surface area contributed by atoms with Crippen LogP contribution in [0.2, 0.25) is 0 Å². The van der Waals surface area contributed by atoms with Crippen molar-refractivity contribution in [2.24, 2.45) is 0 Å². The Morgan fingerprint density at radius 3 is 2.64 bits per heavy atom. The first-order valence-electron chi connectivity index (χ1n) is 9.51. The summed E-state index contributed by atoms with van der Waals surface area (Å²) >= 11 is 0. The van der Waals surface area contributed by atoms with Crippen LogP contribution in [0.4, 0.5) is 4.39 Å². The molecule has 9 heteroatoms. The zero-order valence-corrected chi connectivity index (χ0v) is 15.9. The van der Waals surface area contributed by atoms with Crippen LogP contribution in [0.15, 0.2) is 18.2 Å². The average molecular weight is 392 g/mol. The summed E-state index contributed by atoms with van der Waals surface area (Å²) in [6.45, 7) is 3.48. The molecule has 4 N–H and O–H groups in total. The molecule has 4 fully saturated rings. The van der Waals surface area contributed by atoms with E-state index in [1.807, 2.05) is 6.92 Å². The highest BCUT2D eigenvalue weighted by Crippen LogP contribution is 2.60. The summed E-state index contributed by atoms with van der Waals surface area (Å²) in [7, 11) is 0. The molecule has 0 spiro atoms. The molecule has 2 bridgehead atoms. The topological polar surface area (TPSA) is 101 Å². The zero-order valence-electron chi connectivity index (χ0n) is 15.9. The first-order valence-corrected chi connectivity index (χ1v) is 9.51. The number of halogens is 1. The van der Waals surface area contributed by atoms with Crippen molar-refractivity contribution < 1.29 is 23.6 Å². The molecule has 2 atom stereocenters. The van der Waals surface area contributed by atoms with Gasteiger partial charge in [-0.1, -0.05) is 13.0 Å². The lowest BCUT2D eigenvalue weighted by Crippen LogP contribution is -2.84. The first-order chi connectivity index (χ1) is 13.3. The van der Waals surface area contributed by atoms with Crippen molar-refractivity contribution in [2.45, 2.75) is 63.0 Å². The number of hydrogen-bond acceptors (Lipinski definition) is 6. The van der Waals surface area contributed by atoms with Crippen LogP contribution >= 0.6 is 0 Å². The minimum absolute atomic E-state index is 0.0311. The number of aryl methyl sites for hydroxylation is 1. The van der Waals surface area contributed by atoms with Gasteiger partial charge in [0.1, 0.15) is 11.6 Å². The number of nitrogens with one attached hydrogen (secondary N) is 4. The Hall–Kier alpha value is -2.23. The summed E-state index contributed by atoms with van der Waals surface area (Å²) in [4.78, 5) is 29.7. The highest BCUT2D eigenvalue weighted by molar-refractivity contribution is 5.83. The van der Waals surface area contributed by atoms with E-state index in [-0.39, 0.29) is 41.5 Å². The Balaban J connectivity index is 1.19. The van der Waals surface area contributed by atoms with Crippen LogP contribution < -0.4 is 26.2 Å². The molecule has 28 heavy (non-hydrogen) atoms. The zero-order chi connectivity index (χ0) is 19.9. The van der Waals surface area contributed by atoms with Crippen LogP contribution in [0.25, 0.3) is 0 Å². The summed E-state index contributed by atoms with van der Waals surface area (Å²) in [5, 5.41) is 9.04. The number of carbonyl (C=O) groups is 2. The molecule has 3 saturated carbocycles. The maximum Gasteiger partial charge on any atom is 0.266 e. The van der Waals surface area contributed by atoms with Crippen molar-refractivity contribution in [2.75, 3.05) is 6.61 Å². The van der Waals surface area contributed by atoms with Gasteiger partial charge in [-0.05, 0) is 44.2 Å². The SMILES string of the molecule is CCC1NOC(C(=O)NC23CC(NC(=O)COc4ccc(C)c(F)c4)(C2)C3)N1. The van der Waals surface area contributed by atoms with E-state index in [4.69, 9.17) is 9.57 Å². The molecule has 1 saturated heterocycles. The quantitative estimate of drug-likeness (QED) is 0.543. The fourth-order valence-electron chi connectivity index (χ4n) is 4.26. The maximum atomic E-state index is 13.5. The van der Waals surface area contributed by atoms with Crippen molar-refractivity contribution in [1.82, 2.24) is 21.4 Å². The number of benzene rings is 1. The second kappa shape index (κ2) is 6.98. The normalized spacial score (nSPS) is 32.8. The molecule has 0 aromatic heterocycles. The lowest BCUT2D eigenvalue weighted by atomic mass is 9.44. The van der Waals surface area contributed by atoms with Gasteiger partial charge in [-0.25, -0.2) is 4.39 Å². The van der Waals surface area contributed by atoms with Gasteiger partial charge in [0.15, 0.2) is 6.61 Å². The molecular formula is C19H25FN4O4. The van der Waals surface area contributed by atoms with Crippen LogP contribution in [-0.2, 0) is 14.4 Å². The van der Waals surface area contributed by atoms with E-state index in [9.17, 15) is 14.0 Å². The van der Waals surface area contributed by atoms with Crippen molar-refractivity contribution in [3.05, 3.63) is 29.6 Å². The van der Waals surface area contributed by atoms with Crippen molar-refractivity contribution in [3.63, 3.8) is 0 Å². The summed E-state index contributed by atoms with van der Waals surface area (Å²) in [6.07, 6.45) is 2.14. The van der Waals surface area contributed by atoms with Crippen LogP contribution in [0.1, 0.15) is 38.2 Å². The fraction of sp³-hybridized carbons (Fsp3) is 0.579. The summed E-state index contributed by atoms with van der Waals surface area (Å²) < 4.78 is 18.9. The van der Waals surface area contributed by atoms with Crippen molar-refractivity contribution in [1.29, 1.82) is 0 Å². The van der Waals surface area contributed by atoms with Crippen LogP contribution in [-0.4, -0.2) is 41.9 Å². The van der Waals surface area contributed by atoms with Gasteiger partial charge in [0, 0.05) is 17.1 Å². The average Bonchev–Trinajstić information content (AvgIpc) is 3.09. The molecule has 5 rings (SSSR count). The molecule has 2 amide bonds. The van der Waals surface area contributed by atoms with Crippen LogP contribution in [0.5, 0.6) is 5.75 Å². The van der Waals surface area contributed by atoms with E-state index < -0.39 is 6.23 Å². The van der Waals surface area contributed by atoms with Gasteiger partial charge < -0.3 is 15.4 Å². The Kier molecular flexibility index (Phi) is 4.76. The predicted molar refractivity (Wildman–Crippen MR) is 97.5 cm³/mol. The molecular weight excluding hydrogens is 367 g/mol. The lowest BCUT2D eigenvalue weighted by molar-refractivity contribution is -0.157. The third-order valence-electron chi connectivity index (χ3n) is 5.66. The highest BCUT2D eigenvalue weighted by Gasteiger charge is 2.69. The van der Waals surface area contributed by atoms with Gasteiger partial charge in [-0.3, -0.25) is 19.7 Å². The number of rotatable bonds is 7. The van der Waals surface area contributed by atoms with Gasteiger partial charge in [0.2, 0.25) is 6.23 Å². The maximum absolute atomic E-state index is 13.5. The van der Waals surface area contributed by atoms with Crippen molar-refractivity contribution in [3.8, 4) is 5.75 Å². The third kappa shape index (κ3) is 3.57. The number of ether oxygens (including phenoxy) is 1. The second-order valence-corrected chi connectivity index (χ2v) is 8.07. The Labute approximate surface area is 162 Å². The van der Waals surface area contributed by atoms with Crippen LogP contribution in [0.3, 0.4) is 0 Å². The fourth-order valence-corrected chi connectivity index (χ4v) is 4.26. The van der Waals surface area contributed by atoms with Gasteiger partial charge in [-0.2, -0.15) is 5.48 Å². The monoisotopic (exact) mass is 392 g/mol. The van der Waals surface area contributed by atoms with E-state index in [0.717, 1.165) is 6.42 Å². The Morgan fingerprint density at radius 1 is 1.29 bits per heavy atom. The molecule has 2 unspecified atom stereocenters. The number of hydroxylamine groups is 1.